The molecular weight excluding hydrogens is 483 g/mol. The highest BCUT2D eigenvalue weighted by Crippen LogP contribution is 2.46. The van der Waals surface area contributed by atoms with Crippen LogP contribution in [0, 0.1) is 5.82 Å². The van der Waals surface area contributed by atoms with Crippen LogP contribution in [0.3, 0.4) is 0 Å². The quantitative estimate of drug-likeness (QED) is 0.336. The number of amides is 1. The van der Waals surface area contributed by atoms with Gasteiger partial charge in [-0.3, -0.25) is 4.79 Å². The van der Waals surface area contributed by atoms with Gasteiger partial charge in [0.05, 0.1) is 17.7 Å². The van der Waals surface area contributed by atoms with Crippen molar-refractivity contribution < 1.29 is 28.2 Å². The Balaban J connectivity index is 1.33. The summed E-state index contributed by atoms with van der Waals surface area (Å²) in [5, 5.41) is 8.16. The van der Waals surface area contributed by atoms with Gasteiger partial charge in [-0.15, -0.1) is 11.3 Å². The Labute approximate surface area is 212 Å². The van der Waals surface area contributed by atoms with Gasteiger partial charge < -0.3 is 20.1 Å². The van der Waals surface area contributed by atoms with Crippen LogP contribution in [0.25, 0.3) is 0 Å². The monoisotopic (exact) mass is 510 g/mol. The van der Waals surface area contributed by atoms with Crippen molar-refractivity contribution in [2.75, 3.05) is 30.4 Å². The summed E-state index contributed by atoms with van der Waals surface area (Å²) in [4.78, 5) is 37.7. The van der Waals surface area contributed by atoms with Crippen molar-refractivity contribution in [2.24, 2.45) is 0 Å². The standard InChI is InChI=1S/C27H27FN2O5S/c1-2-34-27(33)24-21(18-9-10-18)16-36-25(24)30-23(31)15-35-26(32)20-5-3-4-6-22(20)29-14-13-17-7-11-19(28)12-8-17/h3-8,11-12,16,18,29H,2,9-10,13-15H2,1H3,(H,30,31). The van der Waals surface area contributed by atoms with Gasteiger partial charge in [-0.05, 0) is 72.9 Å². The van der Waals surface area contributed by atoms with Gasteiger partial charge in [0, 0.05) is 12.2 Å². The van der Waals surface area contributed by atoms with Gasteiger partial charge in [-0.25, -0.2) is 14.0 Å². The molecule has 1 heterocycles. The molecule has 7 nitrogen and oxygen atoms in total. The lowest BCUT2D eigenvalue weighted by Crippen LogP contribution is -2.22. The molecule has 188 valence electrons. The average molecular weight is 511 g/mol. The molecule has 36 heavy (non-hydrogen) atoms. The maximum atomic E-state index is 13.1. The predicted molar refractivity (Wildman–Crippen MR) is 136 cm³/mol. The molecular formula is C27H27FN2O5S. The second kappa shape index (κ2) is 11.8. The van der Waals surface area contributed by atoms with E-state index in [4.69, 9.17) is 9.47 Å². The number of esters is 2. The number of thiophene rings is 1. The second-order valence-corrected chi connectivity index (χ2v) is 9.24. The van der Waals surface area contributed by atoms with Crippen molar-refractivity contribution in [3.8, 4) is 0 Å². The minimum atomic E-state index is -0.648. The predicted octanol–water partition coefficient (Wildman–Crippen LogP) is 5.39. The summed E-state index contributed by atoms with van der Waals surface area (Å²) in [5.41, 5.74) is 3.11. The minimum Gasteiger partial charge on any atom is -0.462 e. The molecule has 4 rings (SSSR count). The Morgan fingerprint density at radius 1 is 1.03 bits per heavy atom. The molecule has 0 saturated heterocycles. The van der Waals surface area contributed by atoms with Crippen LogP contribution in [-0.4, -0.2) is 37.6 Å². The number of anilines is 2. The summed E-state index contributed by atoms with van der Waals surface area (Å²) in [7, 11) is 0. The van der Waals surface area contributed by atoms with E-state index in [2.05, 4.69) is 10.6 Å². The second-order valence-electron chi connectivity index (χ2n) is 8.36. The smallest absolute Gasteiger partial charge is 0.341 e. The van der Waals surface area contributed by atoms with Crippen LogP contribution in [0.4, 0.5) is 15.1 Å². The molecule has 1 saturated carbocycles. The van der Waals surface area contributed by atoms with Gasteiger partial charge in [0.2, 0.25) is 0 Å². The van der Waals surface area contributed by atoms with E-state index in [1.54, 1.807) is 43.3 Å². The number of ether oxygens (including phenoxy) is 2. The lowest BCUT2D eigenvalue weighted by molar-refractivity contribution is -0.119. The highest BCUT2D eigenvalue weighted by atomic mass is 32.1. The van der Waals surface area contributed by atoms with Gasteiger partial charge in [-0.1, -0.05) is 24.3 Å². The summed E-state index contributed by atoms with van der Waals surface area (Å²) in [5.74, 6) is -1.63. The number of carbonyl (C=O) groups excluding carboxylic acids is 3. The zero-order valence-electron chi connectivity index (χ0n) is 19.8. The number of hydrogen-bond donors (Lipinski definition) is 2. The Bertz CT molecular complexity index is 1240. The Hall–Kier alpha value is -3.72. The Morgan fingerprint density at radius 3 is 2.50 bits per heavy atom. The SMILES string of the molecule is CCOC(=O)c1c(C2CC2)csc1NC(=O)COC(=O)c1ccccc1NCCc1ccc(F)cc1. The van der Waals surface area contributed by atoms with Gasteiger partial charge in [0.1, 0.15) is 10.8 Å². The maximum Gasteiger partial charge on any atom is 0.341 e. The molecule has 9 heteroatoms. The fourth-order valence-electron chi connectivity index (χ4n) is 3.75. The molecule has 3 aromatic rings. The van der Waals surface area contributed by atoms with Crippen LogP contribution < -0.4 is 10.6 Å². The zero-order chi connectivity index (χ0) is 25.5. The van der Waals surface area contributed by atoms with E-state index in [0.29, 0.717) is 40.7 Å². The molecule has 0 radical (unpaired) electrons. The Kier molecular flexibility index (Phi) is 8.32. The molecule has 0 unspecified atom stereocenters. The van der Waals surface area contributed by atoms with Gasteiger partial charge in [0.25, 0.3) is 5.91 Å². The van der Waals surface area contributed by atoms with E-state index in [1.807, 2.05) is 5.38 Å². The maximum absolute atomic E-state index is 13.1. The van der Waals surface area contributed by atoms with Crippen molar-refractivity contribution in [1.29, 1.82) is 0 Å². The number of halogens is 1. The largest absolute Gasteiger partial charge is 0.462 e. The number of nitrogens with one attached hydrogen (secondary N) is 2. The fraction of sp³-hybridized carbons (Fsp3) is 0.296. The van der Waals surface area contributed by atoms with Gasteiger partial charge in [0.15, 0.2) is 6.61 Å². The summed E-state index contributed by atoms with van der Waals surface area (Å²) in [6, 6.07) is 13.1. The van der Waals surface area contributed by atoms with E-state index < -0.39 is 24.5 Å². The van der Waals surface area contributed by atoms with Crippen LogP contribution in [0.15, 0.2) is 53.9 Å². The van der Waals surface area contributed by atoms with E-state index in [1.165, 1.54) is 23.5 Å². The first-order valence-corrected chi connectivity index (χ1v) is 12.7. The number of carbonyl (C=O) groups is 3. The van der Waals surface area contributed by atoms with Crippen LogP contribution >= 0.6 is 11.3 Å². The molecule has 0 bridgehead atoms. The van der Waals surface area contributed by atoms with Crippen molar-refractivity contribution in [2.45, 2.75) is 32.1 Å². The van der Waals surface area contributed by atoms with E-state index in [-0.39, 0.29) is 12.4 Å². The number of benzene rings is 2. The third-order valence-electron chi connectivity index (χ3n) is 5.69. The first-order valence-electron chi connectivity index (χ1n) is 11.8. The summed E-state index contributed by atoms with van der Waals surface area (Å²) in [6.07, 6.45) is 2.65. The molecule has 0 atom stereocenters. The first-order chi connectivity index (χ1) is 17.5. The molecule has 1 aromatic heterocycles. The van der Waals surface area contributed by atoms with E-state index >= 15 is 0 Å². The normalized spacial score (nSPS) is 12.6. The van der Waals surface area contributed by atoms with Crippen molar-refractivity contribution in [3.63, 3.8) is 0 Å². The summed E-state index contributed by atoms with van der Waals surface area (Å²) < 4.78 is 23.5. The van der Waals surface area contributed by atoms with Crippen molar-refractivity contribution >= 4 is 39.9 Å². The molecule has 2 N–H and O–H groups in total. The molecule has 1 fully saturated rings. The van der Waals surface area contributed by atoms with Gasteiger partial charge >= 0.3 is 11.9 Å². The van der Waals surface area contributed by atoms with E-state index in [9.17, 15) is 18.8 Å². The lowest BCUT2D eigenvalue weighted by Gasteiger charge is -2.12. The fourth-order valence-corrected chi connectivity index (χ4v) is 4.80. The highest BCUT2D eigenvalue weighted by molar-refractivity contribution is 7.15. The third-order valence-corrected chi connectivity index (χ3v) is 6.61. The summed E-state index contributed by atoms with van der Waals surface area (Å²) >= 11 is 1.26. The molecule has 0 spiro atoms. The van der Waals surface area contributed by atoms with Crippen LogP contribution in [0.2, 0.25) is 0 Å². The van der Waals surface area contributed by atoms with Crippen LogP contribution in [0.5, 0.6) is 0 Å². The average Bonchev–Trinajstić information content (AvgIpc) is 3.64. The van der Waals surface area contributed by atoms with Crippen LogP contribution in [0.1, 0.15) is 57.5 Å². The topological polar surface area (TPSA) is 93.7 Å². The molecule has 1 aliphatic rings. The summed E-state index contributed by atoms with van der Waals surface area (Å²) in [6.45, 7) is 1.99. The lowest BCUT2D eigenvalue weighted by atomic mass is 10.1. The molecule has 1 amide bonds. The number of para-hydroxylation sites is 1. The Morgan fingerprint density at radius 2 is 1.78 bits per heavy atom. The number of hydrogen-bond acceptors (Lipinski definition) is 7. The van der Waals surface area contributed by atoms with Gasteiger partial charge in [-0.2, -0.15) is 0 Å². The number of rotatable bonds is 11. The molecule has 2 aromatic carbocycles. The minimum absolute atomic E-state index is 0.237. The molecule has 1 aliphatic carbocycles. The third kappa shape index (κ3) is 6.48. The van der Waals surface area contributed by atoms with Crippen LogP contribution in [-0.2, 0) is 20.7 Å². The van der Waals surface area contributed by atoms with Crippen molar-refractivity contribution in [3.05, 3.63) is 82.0 Å². The zero-order valence-corrected chi connectivity index (χ0v) is 20.7. The molecule has 0 aliphatic heterocycles. The highest BCUT2D eigenvalue weighted by Gasteiger charge is 2.32. The van der Waals surface area contributed by atoms with Crippen molar-refractivity contribution in [1.82, 2.24) is 0 Å². The van der Waals surface area contributed by atoms with E-state index in [0.717, 1.165) is 24.0 Å². The first kappa shape index (κ1) is 25.4.